The van der Waals surface area contributed by atoms with E-state index in [9.17, 15) is 18.0 Å². The third-order valence-electron chi connectivity index (χ3n) is 5.90. The van der Waals surface area contributed by atoms with Crippen LogP contribution in [0.25, 0.3) is 11.1 Å². The first-order valence-electron chi connectivity index (χ1n) is 12.9. The topological polar surface area (TPSA) is 92.3 Å². The normalized spacial score (nSPS) is 11.5. The Balaban J connectivity index is 0.00000684. The molecule has 9 heteroatoms. The van der Waals surface area contributed by atoms with Crippen LogP contribution in [0.15, 0.2) is 48.5 Å². The number of ketones is 1. The third kappa shape index (κ3) is 12.4. The lowest BCUT2D eigenvalue weighted by molar-refractivity contribution is -0.870. The van der Waals surface area contributed by atoms with Crippen molar-refractivity contribution in [1.82, 2.24) is 5.32 Å². The monoisotopic (exact) mass is 643 g/mol. The van der Waals surface area contributed by atoms with Crippen LogP contribution >= 0.6 is 0 Å². The molecule has 1 amide bonds. The Labute approximate surface area is 240 Å². The molecule has 0 atom stereocenters. The second kappa shape index (κ2) is 16.1. The summed E-state index contributed by atoms with van der Waals surface area (Å²) >= 11 is 0. The van der Waals surface area contributed by atoms with Gasteiger partial charge in [-0.15, -0.1) is 0 Å². The minimum atomic E-state index is -3.66. The van der Waals surface area contributed by atoms with Gasteiger partial charge in [-0.05, 0) is 29.7 Å². The summed E-state index contributed by atoms with van der Waals surface area (Å²) in [5, 5.41) is 2.69. The van der Waals surface area contributed by atoms with E-state index in [-0.39, 0.29) is 41.0 Å². The summed E-state index contributed by atoms with van der Waals surface area (Å²) in [6, 6.07) is 14.4. The highest BCUT2D eigenvalue weighted by atomic mass is 127. The van der Waals surface area contributed by atoms with E-state index in [1.165, 1.54) is 0 Å². The molecule has 0 spiro atoms. The second-order valence-electron chi connectivity index (χ2n) is 10.3. The highest BCUT2D eigenvalue weighted by Gasteiger charge is 2.23. The number of anilines is 1. The number of sulfonamides is 1. The summed E-state index contributed by atoms with van der Waals surface area (Å²) < 4.78 is 28.9. The summed E-state index contributed by atoms with van der Waals surface area (Å²) in [4.78, 5) is 25.8. The van der Waals surface area contributed by atoms with Crippen molar-refractivity contribution in [2.75, 3.05) is 44.7 Å². The van der Waals surface area contributed by atoms with Gasteiger partial charge in [-0.2, -0.15) is 0 Å². The molecule has 0 bridgehead atoms. The van der Waals surface area contributed by atoms with Crippen molar-refractivity contribution in [3.05, 3.63) is 54.1 Å². The number of rotatable bonds is 16. The zero-order valence-corrected chi connectivity index (χ0v) is 25.5. The minimum Gasteiger partial charge on any atom is -1.00 e. The van der Waals surface area contributed by atoms with Crippen LogP contribution in [0.3, 0.4) is 0 Å². The molecule has 0 saturated carbocycles. The molecule has 0 unspecified atom stereocenters. The number of quaternary nitrogens is 1. The summed E-state index contributed by atoms with van der Waals surface area (Å²) in [5.41, 5.74) is 1.78. The summed E-state index contributed by atoms with van der Waals surface area (Å²) in [6.45, 7) is 3.36. The van der Waals surface area contributed by atoms with E-state index < -0.39 is 21.7 Å². The van der Waals surface area contributed by atoms with Crippen LogP contribution in [0, 0.1) is 0 Å². The first kappa shape index (κ1) is 33.0. The van der Waals surface area contributed by atoms with Gasteiger partial charge in [0.2, 0.25) is 10.0 Å². The average Bonchev–Trinajstić information content (AvgIpc) is 2.83. The van der Waals surface area contributed by atoms with Crippen molar-refractivity contribution in [2.45, 2.75) is 51.9 Å². The van der Waals surface area contributed by atoms with Gasteiger partial charge in [0.25, 0.3) is 11.7 Å². The summed E-state index contributed by atoms with van der Waals surface area (Å²) in [7, 11) is 2.52. The first-order chi connectivity index (χ1) is 17.0. The van der Waals surface area contributed by atoms with Crippen molar-refractivity contribution in [3.8, 4) is 11.1 Å². The van der Waals surface area contributed by atoms with Crippen molar-refractivity contribution < 1.29 is 46.5 Å². The number of carbonyl (C=O) groups excluding carboxylic acids is 2. The van der Waals surface area contributed by atoms with Gasteiger partial charge >= 0.3 is 0 Å². The SMILES string of the molecule is CCCCCCCCS(=O)(=O)Nc1ccc(-c2ccccc2)cc1C(=O)C(=O)NCCC[N+](C)(C)C.[I-]. The number of benzene rings is 2. The van der Waals surface area contributed by atoms with E-state index >= 15 is 0 Å². The van der Waals surface area contributed by atoms with E-state index in [1.807, 2.05) is 30.3 Å². The van der Waals surface area contributed by atoms with Crippen LogP contribution in [-0.4, -0.2) is 64.6 Å². The first-order valence-corrected chi connectivity index (χ1v) is 14.5. The van der Waals surface area contributed by atoms with Gasteiger partial charge < -0.3 is 33.8 Å². The number of Topliss-reactive ketones (excluding diaryl/α,β-unsaturated/α-hetero) is 1. The number of unbranched alkanes of at least 4 members (excludes halogenated alkanes) is 5. The molecule has 2 N–H and O–H groups in total. The quantitative estimate of drug-likeness (QED) is 0.0961. The molecule has 2 rings (SSSR count). The largest absolute Gasteiger partial charge is 1.00 e. The lowest BCUT2D eigenvalue weighted by atomic mass is 9.99. The Morgan fingerprint density at radius 3 is 2.14 bits per heavy atom. The van der Waals surface area contributed by atoms with Gasteiger partial charge in [0.1, 0.15) is 0 Å². The Hall–Kier alpha value is -1.98. The molecule has 0 aromatic heterocycles. The predicted molar refractivity (Wildman–Crippen MR) is 148 cm³/mol. The number of nitrogens with one attached hydrogen (secondary N) is 2. The van der Waals surface area contributed by atoms with Crippen LogP contribution < -0.4 is 34.0 Å². The predicted octanol–water partition coefficient (Wildman–Crippen LogP) is 1.86. The highest BCUT2D eigenvalue weighted by molar-refractivity contribution is 7.92. The molecule has 2 aromatic rings. The zero-order valence-electron chi connectivity index (χ0n) is 22.6. The molecular weight excluding hydrogens is 601 g/mol. The van der Waals surface area contributed by atoms with Gasteiger partial charge in [-0.1, -0.05) is 75.4 Å². The van der Waals surface area contributed by atoms with Crippen LogP contribution in [0.2, 0.25) is 0 Å². The fourth-order valence-corrected chi connectivity index (χ4v) is 5.08. The minimum absolute atomic E-state index is 0. The molecule has 0 aliphatic carbocycles. The molecule has 0 fully saturated rings. The van der Waals surface area contributed by atoms with E-state index in [0.717, 1.165) is 60.7 Å². The Bertz CT molecular complexity index is 1100. The van der Waals surface area contributed by atoms with E-state index in [2.05, 4.69) is 38.1 Å². The lowest BCUT2D eigenvalue weighted by Crippen LogP contribution is -3.00. The van der Waals surface area contributed by atoms with E-state index in [0.29, 0.717) is 13.0 Å². The molecule has 206 valence electrons. The molecular formula is C28H42IN3O4S. The van der Waals surface area contributed by atoms with Gasteiger partial charge in [0.05, 0.1) is 44.7 Å². The smallest absolute Gasteiger partial charge is 0.292 e. The molecule has 2 aromatic carbocycles. The van der Waals surface area contributed by atoms with Crippen molar-refractivity contribution in [1.29, 1.82) is 0 Å². The van der Waals surface area contributed by atoms with Crippen molar-refractivity contribution in [3.63, 3.8) is 0 Å². The molecule has 0 saturated heterocycles. The number of carbonyl (C=O) groups is 2. The number of amides is 1. The van der Waals surface area contributed by atoms with Crippen LogP contribution in [0.5, 0.6) is 0 Å². The zero-order chi connectivity index (χ0) is 26.6. The maximum Gasteiger partial charge on any atom is 0.292 e. The van der Waals surface area contributed by atoms with E-state index in [4.69, 9.17) is 0 Å². The summed E-state index contributed by atoms with van der Waals surface area (Å²) in [6.07, 6.45) is 6.53. The molecule has 37 heavy (non-hydrogen) atoms. The fraction of sp³-hybridized carbons (Fsp3) is 0.500. The summed E-state index contributed by atoms with van der Waals surface area (Å²) in [5.74, 6) is -1.52. The number of nitrogens with zero attached hydrogens (tertiary/aromatic N) is 1. The van der Waals surface area contributed by atoms with Crippen LogP contribution in [0.4, 0.5) is 5.69 Å². The lowest BCUT2D eigenvalue weighted by Gasteiger charge is -2.23. The van der Waals surface area contributed by atoms with Gasteiger partial charge in [0, 0.05) is 13.0 Å². The average molecular weight is 644 g/mol. The highest BCUT2D eigenvalue weighted by Crippen LogP contribution is 2.27. The number of hydrogen-bond acceptors (Lipinski definition) is 4. The van der Waals surface area contributed by atoms with Crippen molar-refractivity contribution in [2.24, 2.45) is 0 Å². The van der Waals surface area contributed by atoms with Gasteiger partial charge in [-0.3, -0.25) is 14.3 Å². The number of hydrogen-bond donors (Lipinski definition) is 2. The van der Waals surface area contributed by atoms with E-state index in [1.54, 1.807) is 18.2 Å². The van der Waals surface area contributed by atoms with Crippen LogP contribution in [-0.2, 0) is 14.8 Å². The standard InChI is InChI=1S/C28H41N3O4S.HI/c1-5-6-7-8-9-13-21-36(34,35)30-26-18-17-24(23-15-11-10-12-16-23)22-25(26)27(32)28(33)29-19-14-20-31(2,3)4;/h10-12,15-18,22H,5-9,13-14,19-21H2,1-4H3,(H-,29,30,32,33);1H. The van der Waals surface area contributed by atoms with Gasteiger partial charge in [0.15, 0.2) is 0 Å². The maximum absolute atomic E-state index is 13.1. The van der Waals surface area contributed by atoms with Gasteiger partial charge in [-0.25, -0.2) is 8.42 Å². The molecule has 0 aliphatic rings. The van der Waals surface area contributed by atoms with Crippen molar-refractivity contribution >= 4 is 27.4 Å². The third-order valence-corrected chi connectivity index (χ3v) is 7.26. The Morgan fingerprint density at radius 2 is 1.49 bits per heavy atom. The molecule has 7 nitrogen and oxygen atoms in total. The number of halogens is 1. The Kier molecular flexibility index (Phi) is 14.4. The second-order valence-corrected chi connectivity index (χ2v) is 12.1. The fourth-order valence-electron chi connectivity index (χ4n) is 3.88. The molecule has 0 aliphatic heterocycles. The van der Waals surface area contributed by atoms with Crippen LogP contribution in [0.1, 0.15) is 62.2 Å². The Morgan fingerprint density at radius 1 is 0.838 bits per heavy atom. The maximum atomic E-state index is 13.1. The molecule has 0 radical (unpaired) electrons. The molecule has 0 heterocycles.